The van der Waals surface area contributed by atoms with E-state index in [1.54, 1.807) is 17.0 Å². The summed E-state index contributed by atoms with van der Waals surface area (Å²) in [5, 5.41) is 3.30. The van der Waals surface area contributed by atoms with Crippen molar-refractivity contribution in [1.29, 1.82) is 0 Å². The van der Waals surface area contributed by atoms with Crippen molar-refractivity contribution in [2.45, 2.75) is 39.2 Å². The van der Waals surface area contributed by atoms with E-state index in [1.165, 1.54) is 12.1 Å². The van der Waals surface area contributed by atoms with Gasteiger partial charge in [0.05, 0.1) is 0 Å². The highest BCUT2D eigenvalue weighted by Crippen LogP contribution is 2.20. The van der Waals surface area contributed by atoms with Gasteiger partial charge in [-0.3, -0.25) is 0 Å². The molecular formula is C17H25FN2O2. The maximum absolute atomic E-state index is 12.9. The molecule has 1 atom stereocenters. The van der Waals surface area contributed by atoms with E-state index in [2.05, 4.69) is 5.32 Å². The van der Waals surface area contributed by atoms with Crippen LogP contribution in [0.15, 0.2) is 24.3 Å². The molecule has 1 aliphatic rings. The summed E-state index contributed by atoms with van der Waals surface area (Å²) in [4.78, 5) is 13.9. The third kappa shape index (κ3) is 5.20. The van der Waals surface area contributed by atoms with Gasteiger partial charge in [-0.05, 0) is 63.8 Å². The number of nitrogens with one attached hydrogen (secondary N) is 1. The fourth-order valence-corrected chi connectivity index (χ4v) is 2.55. The van der Waals surface area contributed by atoms with Gasteiger partial charge in [-0.25, -0.2) is 9.18 Å². The van der Waals surface area contributed by atoms with Crippen LogP contribution >= 0.6 is 0 Å². The number of likely N-dealkylation sites (tertiary alicyclic amines) is 1. The van der Waals surface area contributed by atoms with Crippen LogP contribution in [0.2, 0.25) is 0 Å². The number of hydrogen-bond donors (Lipinski definition) is 1. The quantitative estimate of drug-likeness (QED) is 0.921. The van der Waals surface area contributed by atoms with Gasteiger partial charge < -0.3 is 15.0 Å². The Balaban J connectivity index is 1.82. The summed E-state index contributed by atoms with van der Waals surface area (Å²) in [6.45, 7) is 7.85. The molecule has 1 unspecified atom stereocenters. The van der Waals surface area contributed by atoms with Gasteiger partial charge in [-0.1, -0.05) is 0 Å². The van der Waals surface area contributed by atoms with Gasteiger partial charge in [-0.15, -0.1) is 0 Å². The fourth-order valence-electron chi connectivity index (χ4n) is 2.55. The Morgan fingerprint density at radius 1 is 1.36 bits per heavy atom. The highest BCUT2D eigenvalue weighted by molar-refractivity contribution is 5.68. The number of carbonyl (C=O) groups excluding carboxylic acids is 1. The molecule has 122 valence electrons. The van der Waals surface area contributed by atoms with Crippen LogP contribution in [0.5, 0.6) is 0 Å². The summed E-state index contributed by atoms with van der Waals surface area (Å²) in [6, 6.07) is 6.33. The monoisotopic (exact) mass is 308 g/mol. The van der Waals surface area contributed by atoms with Gasteiger partial charge in [0.2, 0.25) is 0 Å². The highest BCUT2D eigenvalue weighted by Gasteiger charge is 2.27. The second kappa shape index (κ2) is 6.99. The van der Waals surface area contributed by atoms with Gasteiger partial charge in [0.1, 0.15) is 11.4 Å². The first-order valence-corrected chi connectivity index (χ1v) is 7.81. The van der Waals surface area contributed by atoms with Crippen LogP contribution in [-0.2, 0) is 4.74 Å². The molecule has 1 saturated heterocycles. The molecule has 1 aliphatic heterocycles. The van der Waals surface area contributed by atoms with Crippen molar-refractivity contribution in [2.75, 3.05) is 25.0 Å². The molecule has 1 amide bonds. The van der Waals surface area contributed by atoms with Crippen LogP contribution < -0.4 is 5.32 Å². The largest absolute Gasteiger partial charge is 0.444 e. The first kappa shape index (κ1) is 16.6. The molecule has 1 aromatic rings. The van der Waals surface area contributed by atoms with Crippen molar-refractivity contribution in [3.05, 3.63) is 30.1 Å². The molecule has 5 heteroatoms. The van der Waals surface area contributed by atoms with Gasteiger partial charge in [0.25, 0.3) is 0 Å². The van der Waals surface area contributed by atoms with E-state index in [0.717, 1.165) is 31.6 Å². The zero-order valence-electron chi connectivity index (χ0n) is 13.6. The number of hydrogen-bond acceptors (Lipinski definition) is 3. The van der Waals surface area contributed by atoms with Crippen LogP contribution in [0.3, 0.4) is 0 Å². The first-order chi connectivity index (χ1) is 10.3. The Kier molecular flexibility index (Phi) is 5.27. The van der Waals surface area contributed by atoms with Crippen molar-refractivity contribution in [2.24, 2.45) is 5.92 Å². The minimum atomic E-state index is -0.462. The Hall–Kier alpha value is -1.78. The number of piperidine rings is 1. The fraction of sp³-hybridized carbons (Fsp3) is 0.588. The first-order valence-electron chi connectivity index (χ1n) is 7.81. The summed E-state index contributed by atoms with van der Waals surface area (Å²) in [7, 11) is 0. The number of rotatable bonds is 3. The summed E-state index contributed by atoms with van der Waals surface area (Å²) in [5.41, 5.74) is 0.437. The van der Waals surface area contributed by atoms with E-state index < -0.39 is 5.60 Å². The van der Waals surface area contributed by atoms with E-state index in [1.807, 2.05) is 20.8 Å². The third-order valence-electron chi connectivity index (χ3n) is 3.61. The Bertz CT molecular complexity index is 496. The number of halogens is 1. The third-order valence-corrected chi connectivity index (χ3v) is 3.61. The number of nitrogens with zero attached hydrogens (tertiary/aromatic N) is 1. The van der Waals surface area contributed by atoms with Crippen LogP contribution in [0.1, 0.15) is 33.6 Å². The molecule has 0 bridgehead atoms. The molecule has 1 N–H and O–H groups in total. The normalized spacial score (nSPS) is 18.9. The number of benzene rings is 1. The topological polar surface area (TPSA) is 41.6 Å². The van der Waals surface area contributed by atoms with Crippen molar-refractivity contribution < 1.29 is 13.9 Å². The number of amides is 1. The summed E-state index contributed by atoms with van der Waals surface area (Å²) >= 11 is 0. The number of ether oxygens (including phenoxy) is 1. The Morgan fingerprint density at radius 2 is 2.05 bits per heavy atom. The zero-order valence-corrected chi connectivity index (χ0v) is 13.6. The maximum atomic E-state index is 12.9. The van der Waals surface area contributed by atoms with Crippen molar-refractivity contribution in [1.82, 2.24) is 4.90 Å². The predicted octanol–water partition coefficient (Wildman–Crippen LogP) is 3.88. The molecule has 1 fully saturated rings. The second-order valence-electron chi connectivity index (χ2n) is 6.82. The summed E-state index contributed by atoms with van der Waals surface area (Å²) in [6.07, 6.45) is 1.82. The smallest absolute Gasteiger partial charge is 0.410 e. The Morgan fingerprint density at radius 3 is 2.68 bits per heavy atom. The van der Waals surface area contributed by atoms with E-state index in [4.69, 9.17) is 4.74 Å². The zero-order chi connectivity index (χ0) is 16.2. The minimum Gasteiger partial charge on any atom is -0.444 e. The standard InChI is InChI=1S/C17H25FN2O2/c1-17(2,3)22-16(21)20-10-4-5-13(12-20)11-19-15-8-6-14(18)7-9-15/h6-9,13,19H,4-5,10-12H2,1-3H3. The molecule has 2 rings (SSSR count). The van der Waals surface area contributed by atoms with E-state index in [-0.39, 0.29) is 11.9 Å². The average Bonchev–Trinajstić information content (AvgIpc) is 2.45. The van der Waals surface area contributed by atoms with Gasteiger partial charge in [-0.2, -0.15) is 0 Å². The van der Waals surface area contributed by atoms with E-state index in [0.29, 0.717) is 12.5 Å². The predicted molar refractivity (Wildman–Crippen MR) is 85.4 cm³/mol. The molecular weight excluding hydrogens is 283 g/mol. The molecule has 1 aromatic carbocycles. The lowest BCUT2D eigenvalue weighted by Crippen LogP contribution is -2.44. The number of anilines is 1. The lowest BCUT2D eigenvalue weighted by Gasteiger charge is -2.34. The molecule has 0 radical (unpaired) electrons. The molecule has 22 heavy (non-hydrogen) atoms. The number of carbonyl (C=O) groups is 1. The lowest BCUT2D eigenvalue weighted by molar-refractivity contribution is 0.0172. The van der Waals surface area contributed by atoms with Gasteiger partial charge in [0, 0.05) is 25.3 Å². The minimum absolute atomic E-state index is 0.237. The molecule has 0 saturated carbocycles. The van der Waals surface area contributed by atoms with Crippen LogP contribution in [-0.4, -0.2) is 36.2 Å². The molecule has 0 aromatic heterocycles. The van der Waals surface area contributed by atoms with Crippen molar-refractivity contribution >= 4 is 11.8 Å². The van der Waals surface area contributed by atoms with Crippen molar-refractivity contribution in [3.63, 3.8) is 0 Å². The van der Waals surface area contributed by atoms with Crippen LogP contribution in [0.4, 0.5) is 14.9 Å². The summed E-state index contributed by atoms with van der Waals surface area (Å²) < 4.78 is 18.3. The molecule has 0 aliphatic carbocycles. The van der Waals surface area contributed by atoms with E-state index >= 15 is 0 Å². The van der Waals surface area contributed by atoms with Crippen LogP contribution in [0.25, 0.3) is 0 Å². The van der Waals surface area contributed by atoms with Gasteiger partial charge in [0.15, 0.2) is 0 Å². The SMILES string of the molecule is CC(C)(C)OC(=O)N1CCCC(CNc2ccc(F)cc2)C1. The Labute approximate surface area is 131 Å². The molecule has 1 heterocycles. The lowest BCUT2D eigenvalue weighted by atomic mass is 9.98. The summed E-state index contributed by atoms with van der Waals surface area (Å²) in [5.74, 6) is 0.144. The molecule has 0 spiro atoms. The average molecular weight is 308 g/mol. The second-order valence-corrected chi connectivity index (χ2v) is 6.82. The highest BCUT2D eigenvalue weighted by atomic mass is 19.1. The van der Waals surface area contributed by atoms with Gasteiger partial charge >= 0.3 is 6.09 Å². The van der Waals surface area contributed by atoms with Crippen LogP contribution in [0, 0.1) is 11.7 Å². The van der Waals surface area contributed by atoms with E-state index in [9.17, 15) is 9.18 Å². The van der Waals surface area contributed by atoms with Crippen molar-refractivity contribution in [3.8, 4) is 0 Å². The maximum Gasteiger partial charge on any atom is 0.410 e. The molecule has 4 nitrogen and oxygen atoms in total.